The van der Waals surface area contributed by atoms with Crippen LogP contribution in [-0.2, 0) is 12.8 Å². The van der Waals surface area contributed by atoms with Crippen molar-refractivity contribution in [1.29, 1.82) is 0 Å². The van der Waals surface area contributed by atoms with E-state index in [1.165, 1.54) is 42.6 Å². The smallest absolute Gasteiger partial charge is 0.284 e. The lowest BCUT2D eigenvalue weighted by atomic mass is 10.1. The third kappa shape index (κ3) is 3.01. The summed E-state index contributed by atoms with van der Waals surface area (Å²) in [6.45, 7) is 0. The van der Waals surface area contributed by atoms with Crippen LogP contribution in [0.1, 0.15) is 29.7 Å². The van der Waals surface area contributed by atoms with Gasteiger partial charge in [-0.1, -0.05) is 6.42 Å². The number of thiophene rings is 1. The molecule has 0 radical (unpaired) electrons. The Morgan fingerprint density at radius 3 is 2.57 bits per heavy atom. The van der Waals surface area contributed by atoms with Crippen LogP contribution in [0.25, 0.3) is 21.6 Å². The number of nitro benzene ring substituents is 1. The summed E-state index contributed by atoms with van der Waals surface area (Å²) in [6, 6.07) is 2.75. The Kier molecular flexibility index (Phi) is 4.76. The second-order valence-corrected chi connectivity index (χ2v) is 7.72. The number of hydrogen-bond donors (Lipinski definition) is 1. The second kappa shape index (κ2) is 7.23. The maximum absolute atomic E-state index is 12.9. The SMILES string of the molecule is COc1cc(-c2nc3sc4c(c3c(=O)[nH]2)CCCCC4)c([N+](=O)[O-])cc1OC. The Morgan fingerprint density at radius 2 is 1.86 bits per heavy atom. The summed E-state index contributed by atoms with van der Waals surface area (Å²) in [5.41, 5.74) is 0.798. The average Bonchev–Trinajstić information content (AvgIpc) is 2.88. The Hall–Kier alpha value is -2.94. The average molecular weight is 401 g/mol. The summed E-state index contributed by atoms with van der Waals surface area (Å²) in [5.74, 6) is 0.721. The van der Waals surface area contributed by atoms with Crippen molar-refractivity contribution in [2.24, 2.45) is 0 Å². The molecule has 0 aliphatic heterocycles. The maximum Gasteiger partial charge on any atom is 0.284 e. The molecule has 3 aromatic rings. The minimum absolute atomic E-state index is 0.154. The quantitative estimate of drug-likeness (QED) is 0.404. The lowest BCUT2D eigenvalue weighted by Crippen LogP contribution is -2.11. The van der Waals surface area contributed by atoms with Crippen molar-refractivity contribution in [3.05, 3.63) is 43.0 Å². The Morgan fingerprint density at radius 1 is 1.14 bits per heavy atom. The van der Waals surface area contributed by atoms with Gasteiger partial charge in [-0.15, -0.1) is 11.3 Å². The fraction of sp³-hybridized carbons (Fsp3) is 0.368. The number of methoxy groups -OCH3 is 2. The number of aromatic amines is 1. The van der Waals surface area contributed by atoms with E-state index in [4.69, 9.17) is 9.47 Å². The van der Waals surface area contributed by atoms with Crippen LogP contribution in [0.4, 0.5) is 5.69 Å². The van der Waals surface area contributed by atoms with Crippen LogP contribution in [-0.4, -0.2) is 29.1 Å². The summed E-state index contributed by atoms with van der Waals surface area (Å²) < 4.78 is 10.4. The zero-order chi connectivity index (χ0) is 19.8. The van der Waals surface area contributed by atoms with Crippen LogP contribution in [0.2, 0.25) is 0 Å². The molecule has 0 atom stereocenters. The molecular weight excluding hydrogens is 382 g/mol. The van der Waals surface area contributed by atoms with Gasteiger partial charge in [0.1, 0.15) is 10.7 Å². The van der Waals surface area contributed by atoms with Crippen molar-refractivity contribution in [1.82, 2.24) is 9.97 Å². The van der Waals surface area contributed by atoms with Gasteiger partial charge >= 0.3 is 0 Å². The molecule has 1 aromatic carbocycles. The van der Waals surface area contributed by atoms with Crippen molar-refractivity contribution in [3.8, 4) is 22.9 Å². The normalized spacial score (nSPS) is 13.8. The van der Waals surface area contributed by atoms with Crippen LogP contribution < -0.4 is 15.0 Å². The fourth-order valence-electron chi connectivity index (χ4n) is 3.68. The number of benzene rings is 1. The van der Waals surface area contributed by atoms with Crippen molar-refractivity contribution in [3.63, 3.8) is 0 Å². The van der Waals surface area contributed by atoms with Gasteiger partial charge in [-0.2, -0.15) is 0 Å². The van der Waals surface area contributed by atoms with Crippen molar-refractivity contribution in [2.75, 3.05) is 14.2 Å². The topological polar surface area (TPSA) is 107 Å². The molecule has 1 aliphatic rings. The molecule has 0 unspecified atom stereocenters. The molecule has 28 heavy (non-hydrogen) atoms. The largest absolute Gasteiger partial charge is 0.493 e. The number of nitro groups is 1. The number of aromatic nitrogens is 2. The number of hydrogen-bond acceptors (Lipinski definition) is 7. The number of H-pyrrole nitrogens is 1. The zero-order valence-electron chi connectivity index (χ0n) is 15.5. The summed E-state index contributed by atoms with van der Waals surface area (Å²) in [5, 5.41) is 12.2. The molecule has 9 heteroatoms. The number of nitrogens with one attached hydrogen (secondary N) is 1. The minimum Gasteiger partial charge on any atom is -0.493 e. The van der Waals surface area contributed by atoms with Gasteiger partial charge in [-0.25, -0.2) is 4.98 Å². The van der Waals surface area contributed by atoms with E-state index in [-0.39, 0.29) is 28.4 Å². The van der Waals surface area contributed by atoms with E-state index in [9.17, 15) is 14.9 Å². The van der Waals surface area contributed by atoms with Crippen LogP contribution in [0.3, 0.4) is 0 Å². The van der Waals surface area contributed by atoms with Crippen LogP contribution in [0.5, 0.6) is 11.5 Å². The monoisotopic (exact) mass is 401 g/mol. The highest BCUT2D eigenvalue weighted by atomic mass is 32.1. The van der Waals surface area contributed by atoms with Gasteiger partial charge in [0.25, 0.3) is 11.2 Å². The lowest BCUT2D eigenvalue weighted by Gasteiger charge is -2.10. The van der Waals surface area contributed by atoms with Gasteiger partial charge in [0, 0.05) is 10.9 Å². The molecule has 0 saturated carbocycles. The van der Waals surface area contributed by atoms with Crippen molar-refractivity contribution >= 4 is 27.2 Å². The van der Waals surface area contributed by atoms with Gasteiger partial charge in [-0.3, -0.25) is 14.9 Å². The maximum atomic E-state index is 12.9. The van der Waals surface area contributed by atoms with Crippen molar-refractivity contribution < 1.29 is 14.4 Å². The Bertz CT molecular complexity index is 1130. The van der Waals surface area contributed by atoms with E-state index >= 15 is 0 Å². The molecule has 0 spiro atoms. The van der Waals surface area contributed by atoms with Crippen LogP contribution in [0, 0.1) is 10.1 Å². The highest BCUT2D eigenvalue weighted by molar-refractivity contribution is 7.18. The van der Waals surface area contributed by atoms with E-state index < -0.39 is 4.92 Å². The molecule has 1 N–H and O–H groups in total. The summed E-state index contributed by atoms with van der Waals surface area (Å²) in [4.78, 5) is 33.1. The molecular formula is C19H19N3O5S. The lowest BCUT2D eigenvalue weighted by molar-refractivity contribution is -0.384. The molecule has 2 aromatic heterocycles. The number of aryl methyl sites for hydroxylation is 2. The van der Waals surface area contributed by atoms with Gasteiger partial charge in [0.05, 0.1) is 36.2 Å². The third-order valence-corrected chi connectivity index (χ3v) is 6.21. The summed E-state index contributed by atoms with van der Waals surface area (Å²) in [7, 11) is 2.86. The molecule has 8 nitrogen and oxygen atoms in total. The molecule has 0 bridgehead atoms. The predicted octanol–water partition coefficient (Wildman–Crippen LogP) is 3.85. The first-order chi connectivity index (χ1) is 13.5. The highest BCUT2D eigenvalue weighted by Crippen LogP contribution is 2.40. The van der Waals surface area contributed by atoms with E-state index in [2.05, 4.69) is 9.97 Å². The van der Waals surface area contributed by atoms with Gasteiger partial charge < -0.3 is 14.5 Å². The van der Waals surface area contributed by atoms with Gasteiger partial charge in [0.15, 0.2) is 11.5 Å². The summed E-state index contributed by atoms with van der Waals surface area (Å²) in [6.07, 6.45) is 5.13. The first-order valence-electron chi connectivity index (χ1n) is 8.98. The molecule has 0 saturated heterocycles. The zero-order valence-corrected chi connectivity index (χ0v) is 16.4. The Balaban J connectivity index is 1.95. The fourth-order valence-corrected chi connectivity index (χ4v) is 4.94. The number of nitrogens with zero attached hydrogens (tertiary/aromatic N) is 2. The first kappa shape index (κ1) is 18.4. The predicted molar refractivity (Wildman–Crippen MR) is 107 cm³/mol. The molecule has 1 aliphatic carbocycles. The second-order valence-electron chi connectivity index (χ2n) is 6.64. The van der Waals surface area contributed by atoms with Crippen molar-refractivity contribution in [2.45, 2.75) is 32.1 Å². The van der Waals surface area contributed by atoms with Gasteiger partial charge in [-0.05, 0) is 31.2 Å². The number of ether oxygens (including phenoxy) is 2. The Labute approximate surface area is 164 Å². The van der Waals surface area contributed by atoms with Crippen LogP contribution in [0.15, 0.2) is 16.9 Å². The number of rotatable bonds is 4. The molecule has 0 fully saturated rings. The minimum atomic E-state index is -0.523. The molecule has 0 amide bonds. The summed E-state index contributed by atoms with van der Waals surface area (Å²) >= 11 is 1.51. The van der Waals surface area contributed by atoms with E-state index in [1.54, 1.807) is 0 Å². The van der Waals surface area contributed by atoms with E-state index in [0.29, 0.717) is 16.0 Å². The first-order valence-corrected chi connectivity index (χ1v) is 9.80. The van der Waals surface area contributed by atoms with E-state index in [1.807, 2.05) is 0 Å². The molecule has 4 rings (SSSR count). The van der Waals surface area contributed by atoms with Crippen LogP contribution >= 0.6 is 11.3 Å². The van der Waals surface area contributed by atoms with E-state index in [0.717, 1.165) is 37.7 Å². The standard InChI is InChI=1S/C19H19N3O5S/c1-26-13-8-11(12(22(24)25)9-14(13)27-2)17-20-18(23)16-10-6-4-3-5-7-15(10)28-19(16)21-17/h8-9H,3-7H2,1-2H3,(H,20,21,23). The van der Waals surface area contributed by atoms with Gasteiger partial charge in [0.2, 0.25) is 0 Å². The third-order valence-electron chi connectivity index (χ3n) is 5.03. The number of fused-ring (bicyclic) bond motifs is 3. The molecule has 146 valence electrons. The molecule has 2 heterocycles. The highest BCUT2D eigenvalue weighted by Gasteiger charge is 2.25.